The van der Waals surface area contributed by atoms with E-state index in [0.717, 1.165) is 25.7 Å². The fourth-order valence-corrected chi connectivity index (χ4v) is 4.18. The number of hydrogen-bond donors (Lipinski definition) is 0. The summed E-state index contributed by atoms with van der Waals surface area (Å²) in [5.41, 5.74) is -0.791. The van der Waals surface area contributed by atoms with Crippen LogP contribution in [0, 0.1) is 11.3 Å². The summed E-state index contributed by atoms with van der Waals surface area (Å²) in [5, 5.41) is 0. The molecule has 0 aliphatic heterocycles. The minimum atomic E-state index is -0.791. The third-order valence-corrected chi connectivity index (χ3v) is 6.01. The highest BCUT2D eigenvalue weighted by Crippen LogP contribution is 2.42. The van der Waals surface area contributed by atoms with Gasteiger partial charge in [0.15, 0.2) is 0 Å². The summed E-state index contributed by atoms with van der Waals surface area (Å²) in [6.45, 7) is 4.11. The molecule has 0 N–H and O–H groups in total. The van der Waals surface area contributed by atoms with Gasteiger partial charge < -0.3 is 4.74 Å². The Morgan fingerprint density at radius 3 is 2.25 bits per heavy atom. The molecule has 28 heavy (non-hydrogen) atoms. The average Bonchev–Trinajstić information content (AvgIpc) is 2.89. The number of carbonyl (C=O) groups is 3. The van der Waals surface area contributed by atoms with Gasteiger partial charge in [-0.1, -0.05) is 77.4 Å². The van der Waals surface area contributed by atoms with Gasteiger partial charge in [0.1, 0.15) is 11.6 Å². The Bertz CT molecular complexity index is 523. The number of carbonyl (C=O) groups excluding carboxylic acids is 3. The van der Waals surface area contributed by atoms with Gasteiger partial charge in [-0.2, -0.15) is 0 Å². The van der Waals surface area contributed by atoms with E-state index < -0.39 is 5.41 Å². The second-order valence-corrected chi connectivity index (χ2v) is 8.34. The van der Waals surface area contributed by atoms with Gasteiger partial charge in [0.2, 0.25) is 0 Å². The quantitative estimate of drug-likeness (QED) is 0.149. The summed E-state index contributed by atoms with van der Waals surface area (Å²) in [7, 11) is 1.39. The number of ether oxygens (including phenoxy) is 1. The minimum Gasteiger partial charge on any atom is -0.469 e. The SMILES string of the molecule is CCCCCCCCCC[C@@]1(CC=CCCCC(=O)OC)C(=O)C[C@H](C)C1=O. The van der Waals surface area contributed by atoms with E-state index in [4.69, 9.17) is 0 Å². The van der Waals surface area contributed by atoms with Crippen molar-refractivity contribution < 1.29 is 19.1 Å². The van der Waals surface area contributed by atoms with Gasteiger partial charge in [0.05, 0.1) is 12.5 Å². The lowest BCUT2D eigenvalue weighted by Crippen LogP contribution is -2.33. The summed E-state index contributed by atoms with van der Waals surface area (Å²) in [6, 6.07) is 0. The van der Waals surface area contributed by atoms with E-state index in [9.17, 15) is 14.4 Å². The molecule has 1 saturated carbocycles. The molecule has 0 spiro atoms. The van der Waals surface area contributed by atoms with Crippen LogP contribution in [0.3, 0.4) is 0 Å². The van der Waals surface area contributed by atoms with Crippen LogP contribution in [0.25, 0.3) is 0 Å². The molecule has 0 heterocycles. The van der Waals surface area contributed by atoms with Crippen molar-refractivity contribution in [3.05, 3.63) is 12.2 Å². The molecule has 0 bridgehead atoms. The molecule has 0 radical (unpaired) electrons. The molecule has 4 heteroatoms. The van der Waals surface area contributed by atoms with Crippen molar-refractivity contribution in [1.29, 1.82) is 0 Å². The van der Waals surface area contributed by atoms with Gasteiger partial charge >= 0.3 is 5.97 Å². The Morgan fingerprint density at radius 1 is 1.04 bits per heavy atom. The van der Waals surface area contributed by atoms with Crippen LogP contribution in [-0.2, 0) is 19.1 Å². The average molecular weight is 393 g/mol. The first kappa shape index (κ1) is 24.6. The van der Waals surface area contributed by atoms with E-state index in [1.54, 1.807) is 0 Å². The monoisotopic (exact) mass is 392 g/mol. The number of Topliss-reactive ketones (excluding diaryl/α,β-unsaturated/α-hetero) is 2. The highest BCUT2D eigenvalue weighted by molar-refractivity contribution is 6.14. The number of rotatable bonds is 15. The van der Waals surface area contributed by atoms with Gasteiger partial charge in [0.25, 0.3) is 0 Å². The maximum absolute atomic E-state index is 12.8. The van der Waals surface area contributed by atoms with E-state index in [0.29, 0.717) is 25.7 Å². The Balaban J connectivity index is 2.46. The van der Waals surface area contributed by atoms with Crippen LogP contribution in [-0.4, -0.2) is 24.6 Å². The number of allylic oxidation sites excluding steroid dienone is 2. The first-order valence-corrected chi connectivity index (χ1v) is 11.3. The third-order valence-electron chi connectivity index (χ3n) is 6.01. The summed E-state index contributed by atoms with van der Waals surface area (Å²) in [6.07, 6.45) is 17.2. The molecule has 0 saturated heterocycles. The van der Waals surface area contributed by atoms with Crippen molar-refractivity contribution in [3.8, 4) is 0 Å². The zero-order valence-electron chi connectivity index (χ0n) is 18.3. The molecule has 0 amide bonds. The Hall–Kier alpha value is -1.45. The van der Waals surface area contributed by atoms with Crippen molar-refractivity contribution in [2.45, 2.75) is 104 Å². The molecule has 1 aliphatic carbocycles. The summed E-state index contributed by atoms with van der Waals surface area (Å²) < 4.78 is 4.63. The fraction of sp³-hybridized carbons (Fsp3) is 0.792. The molecule has 0 unspecified atom stereocenters. The maximum atomic E-state index is 12.8. The molecular formula is C24H40O4. The first-order valence-electron chi connectivity index (χ1n) is 11.3. The molecule has 0 aromatic carbocycles. The summed E-state index contributed by atoms with van der Waals surface area (Å²) >= 11 is 0. The zero-order valence-corrected chi connectivity index (χ0v) is 18.3. The van der Waals surface area contributed by atoms with Crippen molar-refractivity contribution in [3.63, 3.8) is 0 Å². The van der Waals surface area contributed by atoms with Crippen LogP contribution in [0.5, 0.6) is 0 Å². The molecule has 0 aromatic heterocycles. The molecule has 2 atom stereocenters. The molecule has 1 rings (SSSR count). The highest BCUT2D eigenvalue weighted by atomic mass is 16.5. The van der Waals surface area contributed by atoms with Crippen LogP contribution in [0.4, 0.5) is 0 Å². The van der Waals surface area contributed by atoms with Gasteiger partial charge in [-0.25, -0.2) is 0 Å². The van der Waals surface area contributed by atoms with Gasteiger partial charge in [-0.15, -0.1) is 0 Å². The van der Waals surface area contributed by atoms with E-state index in [-0.39, 0.29) is 23.5 Å². The molecule has 1 fully saturated rings. The number of ketones is 2. The summed E-state index contributed by atoms with van der Waals surface area (Å²) in [4.78, 5) is 36.6. The predicted octanol–water partition coefficient (Wildman–Crippen LogP) is 5.97. The third kappa shape index (κ3) is 7.89. The standard InChI is InChI=1S/C24H40O4/c1-4-5-6-7-8-9-11-14-17-24(21(25)19-20(2)23(24)27)18-15-12-10-13-16-22(26)28-3/h12,15,20H,4-11,13-14,16-19H2,1-3H3/t20-,24+/m0/s1. The zero-order chi connectivity index (χ0) is 20.8. The van der Waals surface area contributed by atoms with Gasteiger partial charge in [0, 0.05) is 18.8 Å². The van der Waals surface area contributed by atoms with Gasteiger partial charge in [-0.3, -0.25) is 14.4 Å². The van der Waals surface area contributed by atoms with Crippen LogP contribution in [0.2, 0.25) is 0 Å². The molecule has 160 valence electrons. The molecule has 0 aromatic rings. The number of hydrogen-bond acceptors (Lipinski definition) is 4. The van der Waals surface area contributed by atoms with Crippen LogP contribution >= 0.6 is 0 Å². The van der Waals surface area contributed by atoms with E-state index in [2.05, 4.69) is 11.7 Å². The Labute approximate surface area is 171 Å². The Morgan fingerprint density at radius 2 is 1.68 bits per heavy atom. The smallest absolute Gasteiger partial charge is 0.305 e. The lowest BCUT2D eigenvalue weighted by molar-refractivity contribution is -0.140. The lowest BCUT2D eigenvalue weighted by Gasteiger charge is -2.25. The van der Waals surface area contributed by atoms with Crippen molar-refractivity contribution in [1.82, 2.24) is 0 Å². The largest absolute Gasteiger partial charge is 0.469 e. The van der Waals surface area contributed by atoms with E-state index in [1.165, 1.54) is 45.6 Å². The predicted molar refractivity (Wildman–Crippen MR) is 113 cm³/mol. The van der Waals surface area contributed by atoms with Crippen molar-refractivity contribution in [2.24, 2.45) is 11.3 Å². The van der Waals surface area contributed by atoms with Crippen molar-refractivity contribution in [2.75, 3.05) is 7.11 Å². The van der Waals surface area contributed by atoms with E-state index in [1.807, 2.05) is 19.1 Å². The molecular weight excluding hydrogens is 352 g/mol. The Kier molecular flexibility index (Phi) is 12.0. The summed E-state index contributed by atoms with van der Waals surface area (Å²) in [5.74, 6) is -0.0735. The van der Waals surface area contributed by atoms with Crippen molar-refractivity contribution >= 4 is 17.5 Å². The lowest BCUT2D eigenvalue weighted by atomic mass is 9.75. The minimum absolute atomic E-state index is 0.132. The topological polar surface area (TPSA) is 60.4 Å². The maximum Gasteiger partial charge on any atom is 0.305 e. The normalized spacial score (nSPS) is 22.3. The number of methoxy groups -OCH3 is 1. The molecule has 1 aliphatic rings. The van der Waals surface area contributed by atoms with Crippen LogP contribution in [0.15, 0.2) is 12.2 Å². The first-order chi connectivity index (χ1) is 13.5. The number of unbranched alkanes of at least 4 members (excludes halogenated alkanes) is 8. The second-order valence-electron chi connectivity index (χ2n) is 8.34. The number of esters is 1. The highest BCUT2D eigenvalue weighted by Gasteiger charge is 2.51. The van der Waals surface area contributed by atoms with Crippen LogP contribution < -0.4 is 0 Å². The van der Waals surface area contributed by atoms with Crippen LogP contribution in [0.1, 0.15) is 104 Å². The van der Waals surface area contributed by atoms with Gasteiger partial charge in [-0.05, 0) is 25.7 Å². The fourth-order valence-electron chi connectivity index (χ4n) is 4.18. The second kappa shape index (κ2) is 13.7. The molecule has 4 nitrogen and oxygen atoms in total. The van der Waals surface area contributed by atoms with E-state index >= 15 is 0 Å².